The Bertz CT molecular complexity index is 672. The largest absolute Gasteiger partial charge is 0.497 e. The van der Waals surface area contributed by atoms with Gasteiger partial charge in [0.05, 0.1) is 19.1 Å². The van der Waals surface area contributed by atoms with Crippen LogP contribution in [0.25, 0.3) is 0 Å². The lowest BCUT2D eigenvalue weighted by Gasteiger charge is -2.25. The van der Waals surface area contributed by atoms with Crippen LogP contribution in [0.1, 0.15) is 18.6 Å². The van der Waals surface area contributed by atoms with Crippen molar-refractivity contribution in [3.8, 4) is 5.75 Å². The van der Waals surface area contributed by atoms with Crippen LogP contribution >= 0.6 is 11.6 Å². The minimum atomic E-state index is -0.896. The molecule has 0 aliphatic rings. The van der Waals surface area contributed by atoms with Gasteiger partial charge in [-0.3, -0.25) is 4.79 Å². The normalized spacial score (nSPS) is 13.3. The van der Waals surface area contributed by atoms with Crippen molar-refractivity contribution in [2.24, 2.45) is 5.92 Å². The van der Waals surface area contributed by atoms with E-state index in [1.54, 1.807) is 51.4 Å². The molecule has 0 bridgehead atoms. The van der Waals surface area contributed by atoms with Gasteiger partial charge in [0, 0.05) is 23.8 Å². The fourth-order valence-corrected chi connectivity index (χ4v) is 2.46. The second-order valence-electron chi connectivity index (χ2n) is 5.38. The molecule has 2 atom stereocenters. The molecule has 0 unspecified atom stereocenters. The van der Waals surface area contributed by atoms with Crippen molar-refractivity contribution in [3.63, 3.8) is 0 Å². The first-order valence-electron chi connectivity index (χ1n) is 7.29. The van der Waals surface area contributed by atoms with Crippen LogP contribution in [0.15, 0.2) is 48.5 Å². The lowest BCUT2D eigenvalue weighted by atomic mass is 9.96. The first kappa shape index (κ1) is 17.3. The number of ether oxygens (including phenoxy) is 1. The van der Waals surface area contributed by atoms with Crippen molar-refractivity contribution < 1.29 is 14.6 Å². The average Bonchev–Trinajstić information content (AvgIpc) is 2.59. The van der Waals surface area contributed by atoms with Crippen LogP contribution in [0.2, 0.25) is 5.02 Å². The Morgan fingerprint density at radius 1 is 1.22 bits per heavy atom. The molecule has 0 spiro atoms. The number of anilines is 1. The Labute approximate surface area is 141 Å². The molecule has 0 saturated heterocycles. The highest BCUT2D eigenvalue weighted by molar-refractivity contribution is 6.30. The zero-order valence-electron chi connectivity index (χ0n) is 13.4. The maximum atomic E-state index is 12.6. The third-order valence-electron chi connectivity index (χ3n) is 3.85. The van der Waals surface area contributed by atoms with Crippen LogP contribution in [-0.2, 0) is 4.79 Å². The van der Waals surface area contributed by atoms with E-state index in [4.69, 9.17) is 16.3 Å². The van der Waals surface area contributed by atoms with Crippen LogP contribution in [0.5, 0.6) is 5.75 Å². The molecule has 1 N–H and O–H groups in total. The maximum Gasteiger partial charge on any atom is 0.232 e. The quantitative estimate of drug-likeness (QED) is 0.908. The molecule has 0 aliphatic carbocycles. The predicted molar refractivity (Wildman–Crippen MR) is 92.0 cm³/mol. The highest BCUT2D eigenvalue weighted by Gasteiger charge is 2.27. The van der Waals surface area contributed by atoms with Gasteiger partial charge in [0.1, 0.15) is 5.75 Å². The minimum absolute atomic E-state index is 0.180. The summed E-state index contributed by atoms with van der Waals surface area (Å²) in [4.78, 5) is 14.1. The Kier molecular flexibility index (Phi) is 5.64. The Morgan fingerprint density at radius 3 is 2.48 bits per heavy atom. The van der Waals surface area contributed by atoms with E-state index in [1.807, 2.05) is 18.2 Å². The number of carbonyl (C=O) groups excluding carboxylic acids is 1. The van der Waals surface area contributed by atoms with Crippen LogP contribution in [0, 0.1) is 5.92 Å². The van der Waals surface area contributed by atoms with Gasteiger partial charge >= 0.3 is 0 Å². The minimum Gasteiger partial charge on any atom is -0.497 e. The molecule has 2 aromatic rings. The van der Waals surface area contributed by atoms with Crippen LogP contribution in [0.3, 0.4) is 0 Å². The van der Waals surface area contributed by atoms with Crippen molar-refractivity contribution in [2.45, 2.75) is 13.0 Å². The van der Waals surface area contributed by atoms with Gasteiger partial charge in [0.2, 0.25) is 5.91 Å². The summed E-state index contributed by atoms with van der Waals surface area (Å²) in [7, 11) is 3.26. The van der Waals surface area contributed by atoms with Gasteiger partial charge < -0.3 is 14.7 Å². The van der Waals surface area contributed by atoms with Gasteiger partial charge in [-0.25, -0.2) is 0 Å². The van der Waals surface area contributed by atoms with Crippen molar-refractivity contribution in [2.75, 3.05) is 19.1 Å². The Balaban J connectivity index is 2.15. The lowest BCUT2D eigenvalue weighted by molar-refractivity contribution is -0.125. The van der Waals surface area contributed by atoms with Crippen LogP contribution in [0.4, 0.5) is 5.69 Å². The predicted octanol–water partition coefficient (Wildman–Crippen LogP) is 3.68. The molecule has 0 radical (unpaired) electrons. The number of nitrogens with zero attached hydrogens (tertiary/aromatic N) is 1. The first-order valence-corrected chi connectivity index (χ1v) is 7.67. The SMILES string of the molecule is COc1cccc(N(C)C(=O)[C@H](C)[C@H](O)c2ccc(Cl)cc2)c1. The summed E-state index contributed by atoms with van der Waals surface area (Å²) in [5.74, 6) is -0.0962. The van der Waals surface area contributed by atoms with Crippen molar-refractivity contribution in [1.82, 2.24) is 0 Å². The number of benzene rings is 2. The van der Waals surface area contributed by atoms with Gasteiger partial charge in [-0.15, -0.1) is 0 Å². The van der Waals surface area contributed by atoms with Crippen LogP contribution in [-0.4, -0.2) is 25.2 Å². The van der Waals surface area contributed by atoms with Crippen LogP contribution < -0.4 is 9.64 Å². The van der Waals surface area contributed by atoms with E-state index in [0.29, 0.717) is 22.0 Å². The molecule has 0 fully saturated rings. The summed E-state index contributed by atoms with van der Waals surface area (Å²) in [5.41, 5.74) is 1.37. The number of halogens is 1. The fraction of sp³-hybridized carbons (Fsp3) is 0.278. The van der Waals surface area contributed by atoms with Gasteiger partial charge in [-0.2, -0.15) is 0 Å². The van der Waals surface area contributed by atoms with Gasteiger partial charge in [-0.05, 0) is 29.8 Å². The molecule has 1 amide bonds. The third-order valence-corrected chi connectivity index (χ3v) is 4.10. The Morgan fingerprint density at radius 2 is 1.87 bits per heavy atom. The van der Waals surface area contributed by atoms with E-state index in [9.17, 15) is 9.90 Å². The number of hydrogen-bond donors (Lipinski definition) is 1. The van der Waals surface area contributed by atoms with E-state index in [0.717, 1.165) is 0 Å². The van der Waals surface area contributed by atoms with Gasteiger partial charge in [0.15, 0.2) is 0 Å². The molecule has 2 aromatic carbocycles. The van der Waals surface area contributed by atoms with E-state index < -0.39 is 12.0 Å². The summed E-state index contributed by atoms with van der Waals surface area (Å²) >= 11 is 5.85. The molecular weight excluding hydrogens is 314 g/mol. The number of rotatable bonds is 5. The zero-order chi connectivity index (χ0) is 17.0. The summed E-state index contributed by atoms with van der Waals surface area (Å²) < 4.78 is 5.17. The highest BCUT2D eigenvalue weighted by atomic mass is 35.5. The average molecular weight is 334 g/mol. The highest BCUT2D eigenvalue weighted by Crippen LogP contribution is 2.27. The number of aliphatic hydroxyl groups is 1. The zero-order valence-corrected chi connectivity index (χ0v) is 14.1. The van der Waals surface area contributed by atoms with Gasteiger partial charge in [0.25, 0.3) is 0 Å². The molecule has 5 heteroatoms. The molecule has 23 heavy (non-hydrogen) atoms. The number of aliphatic hydroxyl groups excluding tert-OH is 1. The lowest BCUT2D eigenvalue weighted by Crippen LogP contribution is -2.34. The standard InChI is InChI=1S/C18H20ClNO3/c1-12(17(21)13-7-9-14(19)10-8-13)18(22)20(2)15-5-4-6-16(11-15)23-3/h4-12,17,21H,1-3H3/t12-,17+/m1/s1. The molecular formula is C18H20ClNO3. The molecule has 0 heterocycles. The van der Waals surface area contributed by atoms with E-state index in [1.165, 1.54) is 4.90 Å². The topological polar surface area (TPSA) is 49.8 Å². The summed E-state index contributed by atoms with van der Waals surface area (Å²) in [5, 5.41) is 11.0. The first-order chi connectivity index (χ1) is 10.9. The smallest absolute Gasteiger partial charge is 0.232 e. The van der Waals surface area contributed by atoms with E-state index >= 15 is 0 Å². The maximum absolute atomic E-state index is 12.6. The number of methoxy groups -OCH3 is 1. The molecule has 0 saturated carbocycles. The monoisotopic (exact) mass is 333 g/mol. The number of hydrogen-bond acceptors (Lipinski definition) is 3. The van der Waals surface area contributed by atoms with E-state index in [-0.39, 0.29) is 5.91 Å². The number of amides is 1. The summed E-state index contributed by atoms with van der Waals surface area (Å²) in [6, 6.07) is 14.1. The molecule has 0 aromatic heterocycles. The van der Waals surface area contributed by atoms with E-state index in [2.05, 4.69) is 0 Å². The van der Waals surface area contributed by atoms with Crippen molar-refractivity contribution in [3.05, 3.63) is 59.1 Å². The van der Waals surface area contributed by atoms with Crippen molar-refractivity contribution in [1.29, 1.82) is 0 Å². The summed E-state index contributed by atoms with van der Waals surface area (Å²) in [6.45, 7) is 1.71. The number of carbonyl (C=O) groups is 1. The second kappa shape index (κ2) is 7.49. The third kappa shape index (κ3) is 4.03. The molecule has 4 nitrogen and oxygen atoms in total. The molecule has 122 valence electrons. The Hall–Kier alpha value is -2.04. The molecule has 0 aliphatic heterocycles. The summed E-state index contributed by atoms with van der Waals surface area (Å²) in [6.07, 6.45) is -0.896. The molecule has 2 rings (SSSR count). The fourth-order valence-electron chi connectivity index (χ4n) is 2.34. The van der Waals surface area contributed by atoms with Crippen molar-refractivity contribution >= 4 is 23.2 Å². The second-order valence-corrected chi connectivity index (χ2v) is 5.82. The van der Waals surface area contributed by atoms with Gasteiger partial charge in [-0.1, -0.05) is 36.7 Å².